The van der Waals surface area contributed by atoms with Crippen LogP contribution in [-0.2, 0) is 0 Å². The van der Waals surface area contributed by atoms with E-state index in [-0.39, 0.29) is 20.9 Å². The van der Waals surface area contributed by atoms with E-state index in [1.54, 1.807) is 2.93 Å². The summed E-state index contributed by atoms with van der Waals surface area (Å²) in [5.41, 5.74) is 0. The summed E-state index contributed by atoms with van der Waals surface area (Å²) in [7, 11) is 0. The summed E-state index contributed by atoms with van der Waals surface area (Å²) >= 11 is 4.18. The molecule has 1 heterocycles. The summed E-state index contributed by atoms with van der Waals surface area (Å²) in [5.74, 6) is 2.65. The maximum atomic E-state index is 2.28. The second kappa shape index (κ2) is 6.37. The standard InChI is InChI=1S/C8H12S2Te/c1-2-9-6-7-11-8-4-3-5-10-8/h3-5H,2,6-7H2,1H3. The number of hydrogen-bond donors (Lipinski definition) is 0. The molecule has 0 N–H and O–H groups in total. The monoisotopic (exact) mass is 302 g/mol. The van der Waals surface area contributed by atoms with Crippen LogP contribution in [0.5, 0.6) is 0 Å². The fourth-order valence-electron chi connectivity index (χ4n) is 0.691. The van der Waals surface area contributed by atoms with Crippen molar-refractivity contribution in [3.8, 4) is 0 Å². The quantitative estimate of drug-likeness (QED) is 0.594. The van der Waals surface area contributed by atoms with E-state index in [2.05, 4.69) is 36.2 Å². The first-order valence-corrected chi connectivity index (χ1v) is 8.52. The van der Waals surface area contributed by atoms with E-state index in [1.807, 2.05) is 11.3 Å². The third-order valence-electron chi connectivity index (χ3n) is 1.17. The SMILES string of the molecule is CCSCC[Te]c1cccs1. The Morgan fingerprint density at radius 1 is 1.64 bits per heavy atom. The fourth-order valence-corrected chi connectivity index (χ4v) is 6.11. The van der Waals surface area contributed by atoms with Crippen LogP contribution in [-0.4, -0.2) is 32.4 Å². The van der Waals surface area contributed by atoms with Crippen LogP contribution in [0.15, 0.2) is 17.5 Å². The molecule has 0 unspecified atom stereocenters. The molecule has 0 aliphatic carbocycles. The van der Waals surface area contributed by atoms with Crippen molar-refractivity contribution in [1.29, 1.82) is 0 Å². The van der Waals surface area contributed by atoms with Crippen LogP contribution in [0.3, 0.4) is 0 Å². The van der Waals surface area contributed by atoms with Gasteiger partial charge < -0.3 is 0 Å². The van der Waals surface area contributed by atoms with E-state index in [0.29, 0.717) is 0 Å². The Hall–Kier alpha value is 0.840. The molecular formula is C8H12S2Te. The van der Waals surface area contributed by atoms with Gasteiger partial charge in [-0.1, -0.05) is 0 Å². The summed E-state index contributed by atoms with van der Waals surface area (Å²) in [6.07, 6.45) is 0. The number of hydrogen-bond acceptors (Lipinski definition) is 2. The van der Waals surface area contributed by atoms with Gasteiger partial charge in [-0.05, 0) is 0 Å². The first kappa shape index (κ1) is 9.92. The van der Waals surface area contributed by atoms with Crippen molar-refractivity contribution >= 4 is 46.9 Å². The van der Waals surface area contributed by atoms with E-state index in [4.69, 9.17) is 0 Å². The van der Waals surface area contributed by atoms with Crippen LogP contribution in [0.1, 0.15) is 6.92 Å². The molecule has 1 rings (SSSR count). The molecule has 62 valence electrons. The van der Waals surface area contributed by atoms with Gasteiger partial charge >= 0.3 is 87.4 Å². The molecule has 0 aromatic carbocycles. The summed E-state index contributed by atoms with van der Waals surface area (Å²) < 4.78 is 3.12. The van der Waals surface area contributed by atoms with Crippen molar-refractivity contribution in [3.63, 3.8) is 0 Å². The third kappa shape index (κ3) is 4.42. The molecule has 0 saturated carbocycles. The average Bonchev–Trinajstić information content (AvgIpc) is 2.50. The molecule has 3 heteroatoms. The first-order valence-electron chi connectivity index (χ1n) is 3.67. The zero-order valence-corrected chi connectivity index (χ0v) is 10.5. The minimum absolute atomic E-state index is 0.182. The molecule has 11 heavy (non-hydrogen) atoms. The second-order valence-electron chi connectivity index (χ2n) is 1.98. The molecule has 0 bridgehead atoms. The summed E-state index contributed by atoms with van der Waals surface area (Å²) in [5, 5.41) is 2.19. The molecule has 0 nitrogen and oxygen atoms in total. The van der Waals surface area contributed by atoms with Crippen LogP contribution >= 0.6 is 23.1 Å². The number of thiophene rings is 1. The molecule has 0 fully saturated rings. The van der Waals surface area contributed by atoms with Gasteiger partial charge in [0, 0.05) is 0 Å². The molecule has 0 atom stereocenters. The van der Waals surface area contributed by atoms with Crippen molar-refractivity contribution in [2.24, 2.45) is 0 Å². The Balaban J connectivity index is 2.04. The number of rotatable bonds is 5. The van der Waals surface area contributed by atoms with Crippen molar-refractivity contribution in [3.05, 3.63) is 17.5 Å². The van der Waals surface area contributed by atoms with Crippen molar-refractivity contribution in [2.45, 2.75) is 11.4 Å². The number of thioether (sulfide) groups is 1. The van der Waals surface area contributed by atoms with Gasteiger partial charge in [-0.3, -0.25) is 0 Å². The van der Waals surface area contributed by atoms with Crippen molar-refractivity contribution in [1.82, 2.24) is 0 Å². The van der Waals surface area contributed by atoms with Gasteiger partial charge in [0.1, 0.15) is 0 Å². The van der Waals surface area contributed by atoms with Gasteiger partial charge in [0.05, 0.1) is 0 Å². The molecule has 0 radical (unpaired) electrons. The third-order valence-corrected chi connectivity index (χ3v) is 7.52. The molecule has 0 saturated heterocycles. The van der Waals surface area contributed by atoms with Crippen LogP contribution in [0, 0.1) is 0 Å². The van der Waals surface area contributed by atoms with Crippen LogP contribution < -0.4 is 2.93 Å². The Labute approximate surface area is 86.9 Å². The molecule has 1 aromatic heterocycles. The van der Waals surface area contributed by atoms with E-state index < -0.39 is 0 Å². The van der Waals surface area contributed by atoms with Crippen LogP contribution in [0.2, 0.25) is 4.47 Å². The molecule has 0 spiro atoms. The zero-order chi connectivity index (χ0) is 7.94. The van der Waals surface area contributed by atoms with E-state index in [9.17, 15) is 0 Å². The first-order chi connectivity index (χ1) is 5.43. The summed E-state index contributed by atoms with van der Waals surface area (Å²) in [6.45, 7) is 2.23. The molecular weight excluding hydrogens is 288 g/mol. The maximum absolute atomic E-state index is 2.28. The molecule has 0 aliphatic rings. The Morgan fingerprint density at radius 3 is 3.18 bits per heavy atom. The Kier molecular flexibility index (Phi) is 5.74. The van der Waals surface area contributed by atoms with Gasteiger partial charge in [0.2, 0.25) is 0 Å². The van der Waals surface area contributed by atoms with Gasteiger partial charge in [0.15, 0.2) is 0 Å². The van der Waals surface area contributed by atoms with Crippen molar-refractivity contribution < 1.29 is 0 Å². The molecule has 0 aliphatic heterocycles. The molecule has 1 aromatic rings. The Morgan fingerprint density at radius 2 is 2.55 bits per heavy atom. The normalized spacial score (nSPS) is 10.3. The predicted molar refractivity (Wildman–Crippen MR) is 57.5 cm³/mol. The fraction of sp³-hybridized carbons (Fsp3) is 0.500. The van der Waals surface area contributed by atoms with Crippen LogP contribution in [0.4, 0.5) is 0 Å². The topological polar surface area (TPSA) is 0 Å². The van der Waals surface area contributed by atoms with Crippen molar-refractivity contribution in [2.75, 3.05) is 11.5 Å². The summed E-state index contributed by atoms with van der Waals surface area (Å²) in [6, 6.07) is 4.45. The van der Waals surface area contributed by atoms with Crippen LogP contribution in [0.25, 0.3) is 0 Å². The van der Waals surface area contributed by atoms with E-state index in [0.717, 1.165) is 0 Å². The minimum atomic E-state index is 0.182. The van der Waals surface area contributed by atoms with Gasteiger partial charge in [-0.15, -0.1) is 0 Å². The zero-order valence-electron chi connectivity index (χ0n) is 6.58. The van der Waals surface area contributed by atoms with E-state index in [1.165, 1.54) is 16.0 Å². The average molecular weight is 300 g/mol. The van der Waals surface area contributed by atoms with Gasteiger partial charge in [0.25, 0.3) is 0 Å². The van der Waals surface area contributed by atoms with E-state index >= 15 is 0 Å². The van der Waals surface area contributed by atoms with Gasteiger partial charge in [-0.25, -0.2) is 0 Å². The molecule has 0 amide bonds. The summed E-state index contributed by atoms with van der Waals surface area (Å²) in [4.78, 5) is 0. The second-order valence-corrected chi connectivity index (χ2v) is 8.37. The predicted octanol–water partition coefficient (Wildman–Crippen LogP) is 2.25. The Bertz CT molecular complexity index is 172. The van der Waals surface area contributed by atoms with Gasteiger partial charge in [-0.2, -0.15) is 0 Å².